The lowest BCUT2D eigenvalue weighted by atomic mass is 10.2. The van der Waals surface area contributed by atoms with E-state index in [0.717, 1.165) is 12.1 Å². The molecule has 0 aromatic heterocycles. The van der Waals surface area contributed by atoms with Crippen LogP contribution in [-0.4, -0.2) is 37.5 Å². The number of carbonyl (C=O) groups excluding carboxylic acids is 3. The Labute approximate surface area is 163 Å². The third-order valence-electron chi connectivity index (χ3n) is 4.25. The number of carbonyl (C=O) groups is 3. The van der Waals surface area contributed by atoms with Gasteiger partial charge in [0, 0.05) is 29.9 Å². The van der Waals surface area contributed by atoms with Crippen LogP contribution in [0.4, 0.5) is 11.4 Å². The van der Waals surface area contributed by atoms with E-state index in [2.05, 4.69) is 5.32 Å². The summed E-state index contributed by atoms with van der Waals surface area (Å²) >= 11 is 0. The van der Waals surface area contributed by atoms with E-state index in [1.807, 2.05) is 6.07 Å². The number of esters is 1. The van der Waals surface area contributed by atoms with Crippen LogP contribution in [0.25, 0.3) is 0 Å². The molecule has 7 nitrogen and oxygen atoms in total. The number of benzene rings is 2. The van der Waals surface area contributed by atoms with E-state index in [1.54, 1.807) is 54.3 Å². The Hall–Kier alpha value is -3.35. The highest BCUT2D eigenvalue weighted by atomic mass is 16.6. The fourth-order valence-corrected chi connectivity index (χ4v) is 2.95. The van der Waals surface area contributed by atoms with Gasteiger partial charge in [0.25, 0.3) is 5.91 Å². The second kappa shape index (κ2) is 9.03. The highest BCUT2D eigenvalue weighted by molar-refractivity contribution is 6.05. The smallest absolute Gasteiger partial charge is 0.344 e. The molecule has 2 aromatic carbocycles. The molecule has 7 heteroatoms. The Morgan fingerprint density at radius 1 is 1.14 bits per heavy atom. The molecule has 146 valence electrons. The third kappa shape index (κ3) is 4.88. The van der Waals surface area contributed by atoms with Gasteiger partial charge in [0.05, 0.1) is 6.61 Å². The highest BCUT2D eigenvalue weighted by Gasteiger charge is 2.21. The van der Waals surface area contributed by atoms with E-state index < -0.39 is 5.97 Å². The normalized spacial score (nSPS) is 13.3. The quantitative estimate of drug-likeness (QED) is 0.744. The van der Waals surface area contributed by atoms with Crippen molar-refractivity contribution in [2.75, 3.05) is 30.0 Å². The molecule has 1 fully saturated rings. The second-order valence-electron chi connectivity index (χ2n) is 6.27. The largest absolute Gasteiger partial charge is 0.482 e. The van der Waals surface area contributed by atoms with Crippen LogP contribution in [0.2, 0.25) is 0 Å². The fraction of sp³-hybridized carbons (Fsp3) is 0.286. The molecule has 1 aliphatic rings. The topological polar surface area (TPSA) is 84.9 Å². The highest BCUT2D eigenvalue weighted by Crippen LogP contribution is 2.24. The monoisotopic (exact) mass is 382 g/mol. The molecule has 3 rings (SSSR count). The lowest BCUT2D eigenvalue weighted by Crippen LogP contribution is -2.23. The number of amides is 2. The standard InChI is InChI=1S/C21H22N2O5/c1-2-27-20(25)14-28-18-9-3-6-15(12-18)21(26)22-16-7-4-8-17(13-16)23-11-5-10-19(23)24/h3-4,6-9,12-13H,2,5,10-11,14H2,1H3,(H,22,26). The zero-order valence-corrected chi connectivity index (χ0v) is 15.6. The van der Waals surface area contributed by atoms with Crippen LogP contribution < -0.4 is 15.0 Å². The van der Waals surface area contributed by atoms with Gasteiger partial charge in [0.15, 0.2) is 6.61 Å². The van der Waals surface area contributed by atoms with Crippen molar-refractivity contribution in [3.8, 4) is 5.75 Å². The SMILES string of the molecule is CCOC(=O)COc1cccc(C(=O)Nc2cccc(N3CCCC3=O)c2)c1. The molecule has 1 heterocycles. The number of nitrogens with one attached hydrogen (secondary N) is 1. The first-order valence-corrected chi connectivity index (χ1v) is 9.17. The van der Waals surface area contributed by atoms with Gasteiger partial charge in [-0.05, 0) is 49.7 Å². The molecule has 0 spiro atoms. The van der Waals surface area contributed by atoms with Crippen LogP contribution in [0, 0.1) is 0 Å². The summed E-state index contributed by atoms with van der Waals surface area (Å²) in [6.45, 7) is 2.48. The molecule has 2 amide bonds. The Morgan fingerprint density at radius 2 is 1.96 bits per heavy atom. The number of anilines is 2. The van der Waals surface area contributed by atoms with Gasteiger partial charge in [0.2, 0.25) is 5.91 Å². The van der Waals surface area contributed by atoms with Crippen molar-refractivity contribution in [2.45, 2.75) is 19.8 Å². The van der Waals surface area contributed by atoms with Crippen LogP contribution in [0.15, 0.2) is 48.5 Å². The van der Waals surface area contributed by atoms with Gasteiger partial charge >= 0.3 is 5.97 Å². The minimum Gasteiger partial charge on any atom is -0.482 e. The summed E-state index contributed by atoms with van der Waals surface area (Å²) in [5.41, 5.74) is 1.76. The third-order valence-corrected chi connectivity index (χ3v) is 4.25. The van der Waals surface area contributed by atoms with Crippen molar-refractivity contribution in [3.05, 3.63) is 54.1 Å². The predicted octanol–water partition coefficient (Wildman–Crippen LogP) is 3.01. The number of hydrogen-bond acceptors (Lipinski definition) is 5. The first-order valence-electron chi connectivity index (χ1n) is 9.17. The van der Waals surface area contributed by atoms with Crippen molar-refractivity contribution in [2.24, 2.45) is 0 Å². The van der Waals surface area contributed by atoms with Gasteiger partial charge in [-0.2, -0.15) is 0 Å². The van der Waals surface area contributed by atoms with Gasteiger partial charge in [-0.25, -0.2) is 4.79 Å². The second-order valence-corrected chi connectivity index (χ2v) is 6.27. The maximum atomic E-state index is 12.6. The Bertz CT molecular complexity index is 881. The van der Waals surface area contributed by atoms with Crippen molar-refractivity contribution >= 4 is 29.2 Å². The molecule has 1 saturated heterocycles. The van der Waals surface area contributed by atoms with E-state index in [4.69, 9.17) is 9.47 Å². The fourth-order valence-electron chi connectivity index (χ4n) is 2.95. The summed E-state index contributed by atoms with van der Waals surface area (Å²) in [6, 6.07) is 13.7. The van der Waals surface area contributed by atoms with Crippen molar-refractivity contribution in [1.82, 2.24) is 0 Å². The molecule has 0 saturated carbocycles. The molecule has 1 N–H and O–H groups in total. The summed E-state index contributed by atoms with van der Waals surface area (Å²) in [5.74, 6) is -0.288. The lowest BCUT2D eigenvalue weighted by molar-refractivity contribution is -0.145. The molecule has 0 unspecified atom stereocenters. The Kier molecular flexibility index (Phi) is 6.26. The zero-order valence-electron chi connectivity index (χ0n) is 15.6. The first-order chi connectivity index (χ1) is 13.6. The van der Waals surface area contributed by atoms with Crippen LogP contribution >= 0.6 is 0 Å². The van der Waals surface area contributed by atoms with Crippen LogP contribution in [0.5, 0.6) is 5.75 Å². The van der Waals surface area contributed by atoms with Crippen LogP contribution in [0.3, 0.4) is 0 Å². The summed E-state index contributed by atoms with van der Waals surface area (Å²) in [4.78, 5) is 37.6. The van der Waals surface area contributed by atoms with Gasteiger partial charge in [0.1, 0.15) is 5.75 Å². The van der Waals surface area contributed by atoms with Crippen molar-refractivity contribution < 1.29 is 23.9 Å². The molecule has 1 aliphatic heterocycles. The van der Waals surface area contributed by atoms with Gasteiger partial charge in [-0.3, -0.25) is 9.59 Å². The Morgan fingerprint density at radius 3 is 2.71 bits per heavy atom. The number of nitrogens with zero attached hydrogens (tertiary/aromatic N) is 1. The lowest BCUT2D eigenvalue weighted by Gasteiger charge is -2.17. The minimum atomic E-state index is -0.467. The van der Waals surface area contributed by atoms with E-state index in [1.165, 1.54) is 0 Å². The minimum absolute atomic E-state index is 0.0925. The molecule has 0 atom stereocenters. The van der Waals surface area contributed by atoms with Crippen molar-refractivity contribution in [1.29, 1.82) is 0 Å². The van der Waals surface area contributed by atoms with Gasteiger partial charge in [-0.15, -0.1) is 0 Å². The van der Waals surface area contributed by atoms with Crippen LogP contribution in [0.1, 0.15) is 30.1 Å². The number of rotatable bonds is 7. The molecule has 0 bridgehead atoms. The first kappa shape index (κ1) is 19.4. The summed E-state index contributed by atoms with van der Waals surface area (Å²) in [5, 5.41) is 2.83. The maximum absolute atomic E-state index is 12.6. The van der Waals surface area contributed by atoms with Crippen LogP contribution in [-0.2, 0) is 14.3 Å². The van der Waals surface area contributed by atoms with E-state index in [9.17, 15) is 14.4 Å². The molecule has 28 heavy (non-hydrogen) atoms. The van der Waals surface area contributed by atoms with Crippen molar-refractivity contribution in [3.63, 3.8) is 0 Å². The van der Waals surface area contributed by atoms with E-state index in [-0.39, 0.29) is 25.0 Å². The number of ether oxygens (including phenoxy) is 2. The summed E-state index contributed by atoms with van der Waals surface area (Å²) < 4.78 is 10.2. The average molecular weight is 382 g/mol. The Balaban J connectivity index is 1.65. The maximum Gasteiger partial charge on any atom is 0.344 e. The molecule has 2 aromatic rings. The molecule has 0 aliphatic carbocycles. The van der Waals surface area contributed by atoms with E-state index >= 15 is 0 Å². The number of hydrogen-bond donors (Lipinski definition) is 1. The molecule has 0 radical (unpaired) electrons. The van der Waals surface area contributed by atoms with Gasteiger partial charge < -0.3 is 19.7 Å². The summed E-state index contributed by atoms with van der Waals surface area (Å²) in [7, 11) is 0. The predicted molar refractivity (Wildman–Crippen MR) is 105 cm³/mol. The van der Waals surface area contributed by atoms with E-state index in [0.29, 0.717) is 30.0 Å². The molecular formula is C21H22N2O5. The zero-order chi connectivity index (χ0) is 19.9. The summed E-state index contributed by atoms with van der Waals surface area (Å²) in [6.07, 6.45) is 1.39. The molecular weight excluding hydrogens is 360 g/mol. The average Bonchev–Trinajstić information content (AvgIpc) is 3.13. The van der Waals surface area contributed by atoms with Gasteiger partial charge in [-0.1, -0.05) is 12.1 Å².